The van der Waals surface area contributed by atoms with E-state index in [2.05, 4.69) is 33.6 Å². The SMILES string of the molecule is CCOc1cc2nc(CC)c(C#N)c(Nc3ccc(Cl)c(F)c3)c2cc1NC(=O)/C=C/CN1CCN(C)CC1. The number of halogens is 2. The van der Waals surface area contributed by atoms with E-state index in [1.807, 2.05) is 19.9 Å². The first-order chi connectivity index (χ1) is 18.8. The minimum absolute atomic E-state index is 0.00178. The predicted molar refractivity (Wildman–Crippen MR) is 153 cm³/mol. The molecule has 1 aliphatic rings. The second kappa shape index (κ2) is 12.9. The molecule has 3 aromatic rings. The van der Waals surface area contributed by atoms with Crippen LogP contribution in [0.4, 0.5) is 21.5 Å². The number of likely N-dealkylation sites (N-methyl/N-ethyl adjacent to an activating group) is 1. The Morgan fingerprint density at radius 1 is 1.23 bits per heavy atom. The third-order valence-corrected chi connectivity index (χ3v) is 6.89. The van der Waals surface area contributed by atoms with Crippen molar-refractivity contribution in [3.63, 3.8) is 0 Å². The van der Waals surface area contributed by atoms with Crippen LogP contribution >= 0.6 is 11.6 Å². The number of ether oxygens (including phenoxy) is 1. The molecule has 0 unspecified atom stereocenters. The molecule has 1 aromatic heterocycles. The number of nitriles is 1. The molecule has 4 rings (SSSR count). The number of amides is 1. The van der Waals surface area contributed by atoms with Crippen LogP contribution in [0.2, 0.25) is 5.02 Å². The highest BCUT2D eigenvalue weighted by atomic mass is 35.5. The van der Waals surface area contributed by atoms with E-state index in [4.69, 9.17) is 21.3 Å². The molecule has 1 amide bonds. The van der Waals surface area contributed by atoms with E-state index in [1.165, 1.54) is 18.2 Å². The molecule has 0 atom stereocenters. The molecule has 1 aliphatic heterocycles. The van der Waals surface area contributed by atoms with E-state index in [-0.39, 0.29) is 10.9 Å². The van der Waals surface area contributed by atoms with Gasteiger partial charge in [-0.2, -0.15) is 5.26 Å². The van der Waals surface area contributed by atoms with Crippen molar-refractivity contribution in [1.29, 1.82) is 5.26 Å². The number of nitrogens with one attached hydrogen (secondary N) is 2. The minimum Gasteiger partial charge on any atom is -0.492 e. The first-order valence-electron chi connectivity index (χ1n) is 13.0. The zero-order valence-corrected chi connectivity index (χ0v) is 23.1. The highest BCUT2D eigenvalue weighted by Gasteiger charge is 2.19. The summed E-state index contributed by atoms with van der Waals surface area (Å²) in [6.07, 6.45) is 3.89. The molecule has 2 N–H and O–H groups in total. The van der Waals surface area contributed by atoms with Crippen molar-refractivity contribution >= 4 is 45.5 Å². The zero-order valence-electron chi connectivity index (χ0n) is 22.4. The highest BCUT2D eigenvalue weighted by molar-refractivity contribution is 6.30. The van der Waals surface area contributed by atoms with Gasteiger partial charge in [0.25, 0.3) is 0 Å². The average Bonchev–Trinajstić information content (AvgIpc) is 2.92. The van der Waals surface area contributed by atoms with Crippen LogP contribution in [0.5, 0.6) is 5.75 Å². The summed E-state index contributed by atoms with van der Waals surface area (Å²) in [4.78, 5) is 22.1. The van der Waals surface area contributed by atoms with Crippen LogP contribution in [0, 0.1) is 17.1 Å². The summed E-state index contributed by atoms with van der Waals surface area (Å²) < 4.78 is 20.0. The average molecular weight is 551 g/mol. The van der Waals surface area contributed by atoms with Crippen molar-refractivity contribution < 1.29 is 13.9 Å². The van der Waals surface area contributed by atoms with E-state index >= 15 is 0 Å². The summed E-state index contributed by atoms with van der Waals surface area (Å²) in [5.74, 6) is -0.407. The van der Waals surface area contributed by atoms with Crippen LogP contribution in [0.3, 0.4) is 0 Å². The molecule has 1 saturated heterocycles. The number of carbonyl (C=O) groups is 1. The normalized spacial score (nSPS) is 14.5. The maximum Gasteiger partial charge on any atom is 0.248 e. The minimum atomic E-state index is -0.579. The fourth-order valence-electron chi connectivity index (χ4n) is 4.45. The fourth-order valence-corrected chi connectivity index (χ4v) is 4.57. The molecule has 0 bridgehead atoms. The molecule has 0 radical (unpaired) electrons. The third-order valence-electron chi connectivity index (χ3n) is 6.58. The number of hydrogen-bond acceptors (Lipinski definition) is 7. The molecule has 0 spiro atoms. The van der Waals surface area contributed by atoms with Crippen molar-refractivity contribution in [2.24, 2.45) is 0 Å². The van der Waals surface area contributed by atoms with Crippen LogP contribution in [0.15, 0.2) is 42.5 Å². The lowest BCUT2D eigenvalue weighted by Gasteiger charge is -2.31. The molecule has 204 valence electrons. The van der Waals surface area contributed by atoms with Gasteiger partial charge in [0.05, 0.1) is 39.8 Å². The van der Waals surface area contributed by atoms with Crippen molar-refractivity contribution in [2.75, 3.05) is 57.0 Å². The molecule has 10 heteroatoms. The van der Waals surface area contributed by atoms with Gasteiger partial charge >= 0.3 is 0 Å². The Balaban J connectivity index is 1.69. The maximum atomic E-state index is 14.2. The highest BCUT2D eigenvalue weighted by Crippen LogP contribution is 2.38. The summed E-state index contributed by atoms with van der Waals surface area (Å²) in [6, 6.07) is 10.1. The number of pyridine rings is 1. The van der Waals surface area contributed by atoms with E-state index < -0.39 is 5.82 Å². The second-order valence-electron chi connectivity index (χ2n) is 9.32. The Hall–Kier alpha value is -3.71. The predicted octanol–water partition coefficient (Wildman–Crippen LogP) is 5.35. The Morgan fingerprint density at radius 3 is 2.67 bits per heavy atom. The molecule has 2 heterocycles. The number of benzene rings is 2. The van der Waals surface area contributed by atoms with Crippen molar-refractivity contribution in [2.45, 2.75) is 20.3 Å². The molecule has 39 heavy (non-hydrogen) atoms. The van der Waals surface area contributed by atoms with Gasteiger partial charge in [-0.15, -0.1) is 0 Å². The van der Waals surface area contributed by atoms with Crippen LogP contribution in [-0.4, -0.2) is 67.1 Å². The van der Waals surface area contributed by atoms with Crippen LogP contribution < -0.4 is 15.4 Å². The van der Waals surface area contributed by atoms with Gasteiger partial charge in [0.1, 0.15) is 17.6 Å². The Labute approximate surface area is 233 Å². The Morgan fingerprint density at radius 2 is 2.00 bits per heavy atom. The third kappa shape index (κ3) is 6.84. The molecular formula is C29H32ClFN6O2. The molecule has 1 fully saturated rings. The van der Waals surface area contributed by atoms with E-state index in [0.717, 1.165) is 26.2 Å². The van der Waals surface area contributed by atoms with Gasteiger partial charge in [-0.25, -0.2) is 4.39 Å². The lowest BCUT2D eigenvalue weighted by atomic mass is 10.0. The fraction of sp³-hybridized carbons (Fsp3) is 0.345. The summed E-state index contributed by atoms with van der Waals surface area (Å²) in [5.41, 5.74) is 2.84. The van der Waals surface area contributed by atoms with E-state index in [1.54, 1.807) is 18.2 Å². The number of anilines is 3. The standard InChI is InChI=1S/C29H32ClFN6O2/c1-4-24-21(18-32)29(33-19-8-9-22(30)23(31)15-19)20-16-26(27(39-5-2)17-25(20)34-24)35-28(38)7-6-10-37-13-11-36(3)12-14-37/h6-9,15-17H,4-5,10-14H2,1-3H3,(H,33,34)(H,35,38)/b7-6+. The first-order valence-corrected chi connectivity index (χ1v) is 13.3. The monoisotopic (exact) mass is 550 g/mol. The summed E-state index contributed by atoms with van der Waals surface area (Å²) in [7, 11) is 2.10. The van der Waals surface area contributed by atoms with Gasteiger partial charge in [-0.05, 0) is 44.7 Å². The van der Waals surface area contributed by atoms with Crippen molar-refractivity contribution in [1.82, 2.24) is 14.8 Å². The lowest BCUT2D eigenvalue weighted by Crippen LogP contribution is -2.44. The topological polar surface area (TPSA) is 93.5 Å². The quantitative estimate of drug-likeness (QED) is 0.347. The maximum absolute atomic E-state index is 14.2. The largest absolute Gasteiger partial charge is 0.492 e. The number of rotatable bonds is 9. The summed E-state index contributed by atoms with van der Waals surface area (Å²) >= 11 is 5.86. The van der Waals surface area contributed by atoms with Crippen molar-refractivity contribution in [3.8, 4) is 11.8 Å². The van der Waals surface area contributed by atoms with Crippen LogP contribution in [0.1, 0.15) is 25.1 Å². The second-order valence-corrected chi connectivity index (χ2v) is 9.73. The number of aryl methyl sites for hydroxylation is 1. The smallest absolute Gasteiger partial charge is 0.248 e. The number of hydrogen-bond donors (Lipinski definition) is 2. The molecule has 0 saturated carbocycles. The van der Waals surface area contributed by atoms with Gasteiger partial charge < -0.3 is 20.3 Å². The Kier molecular flexibility index (Phi) is 9.36. The van der Waals surface area contributed by atoms with E-state index in [9.17, 15) is 14.4 Å². The Bertz CT molecular complexity index is 1430. The zero-order chi connectivity index (χ0) is 27.9. The van der Waals surface area contributed by atoms with Crippen molar-refractivity contribution in [3.05, 3.63) is 64.6 Å². The molecular weight excluding hydrogens is 519 g/mol. The summed E-state index contributed by atoms with van der Waals surface area (Å²) in [6.45, 7) is 8.78. The number of piperazine rings is 1. The number of aromatic nitrogens is 1. The number of fused-ring (bicyclic) bond motifs is 1. The van der Waals surface area contributed by atoms with Gasteiger partial charge in [0.2, 0.25) is 5.91 Å². The number of nitrogens with zero attached hydrogens (tertiary/aromatic N) is 4. The van der Waals surface area contributed by atoms with Crippen LogP contribution in [0.25, 0.3) is 10.9 Å². The van der Waals surface area contributed by atoms with Gasteiger partial charge in [0, 0.05) is 55.9 Å². The number of carbonyl (C=O) groups excluding carboxylic acids is 1. The molecule has 0 aliphatic carbocycles. The van der Waals surface area contributed by atoms with Gasteiger partial charge in [0.15, 0.2) is 0 Å². The van der Waals surface area contributed by atoms with Gasteiger partial charge in [-0.3, -0.25) is 14.7 Å². The van der Waals surface area contributed by atoms with Gasteiger partial charge in [-0.1, -0.05) is 24.6 Å². The lowest BCUT2D eigenvalue weighted by molar-refractivity contribution is -0.111. The molecule has 8 nitrogen and oxygen atoms in total. The summed E-state index contributed by atoms with van der Waals surface area (Å²) in [5, 5.41) is 16.7. The van der Waals surface area contributed by atoms with E-state index in [0.29, 0.717) is 64.5 Å². The molecule has 2 aromatic carbocycles. The first kappa shape index (κ1) is 28.3. The van der Waals surface area contributed by atoms with Crippen LogP contribution in [-0.2, 0) is 11.2 Å².